The first-order chi connectivity index (χ1) is 9.47. The number of carbonyl (C=O) groups is 1. The molecule has 1 N–H and O–H groups in total. The fourth-order valence-corrected chi connectivity index (χ4v) is 1.56. The molecule has 1 heterocycles. The number of rotatable bonds is 3. The summed E-state index contributed by atoms with van der Waals surface area (Å²) in [6, 6.07) is 7.01. The molecule has 0 aliphatic heterocycles. The number of carboxylic acid groups (broad SMARTS) is 1. The first kappa shape index (κ1) is 15.5. The van der Waals surface area contributed by atoms with E-state index in [1.807, 2.05) is 26.0 Å². The monoisotopic (exact) mass is 276 g/mol. The van der Waals surface area contributed by atoms with Gasteiger partial charge in [0, 0.05) is 23.6 Å². The number of fused-ring (bicyclic) bond motifs is 1. The molecule has 0 atom stereocenters. The van der Waals surface area contributed by atoms with Crippen LogP contribution >= 0.6 is 0 Å². The van der Waals surface area contributed by atoms with Gasteiger partial charge in [0.15, 0.2) is 0 Å². The van der Waals surface area contributed by atoms with Gasteiger partial charge >= 0.3 is 11.6 Å². The van der Waals surface area contributed by atoms with E-state index >= 15 is 0 Å². The van der Waals surface area contributed by atoms with Crippen LogP contribution in [0.4, 0.5) is 0 Å². The summed E-state index contributed by atoms with van der Waals surface area (Å²) in [5.41, 5.74) is 1.17. The van der Waals surface area contributed by atoms with Gasteiger partial charge in [0.1, 0.15) is 11.3 Å². The van der Waals surface area contributed by atoms with Crippen LogP contribution in [-0.2, 0) is 4.79 Å². The molecule has 5 nitrogen and oxygen atoms in total. The van der Waals surface area contributed by atoms with Gasteiger partial charge in [-0.25, -0.2) is 9.59 Å². The fraction of sp³-hybridized carbons (Fsp3) is 0.200. The first-order valence-electron chi connectivity index (χ1n) is 6.00. The molecular formula is C15H16O5. The van der Waals surface area contributed by atoms with Crippen LogP contribution in [0.15, 0.2) is 46.1 Å². The molecule has 0 unspecified atom stereocenters. The quantitative estimate of drug-likeness (QED) is 0.689. The molecule has 1 aromatic carbocycles. The minimum Gasteiger partial charge on any atom is -0.494 e. The summed E-state index contributed by atoms with van der Waals surface area (Å²) in [6.07, 6.45) is 0.833. The Morgan fingerprint density at radius 3 is 2.65 bits per heavy atom. The Morgan fingerprint density at radius 2 is 2.10 bits per heavy atom. The SMILES string of the molecule is C=CC(=O)O.CCOc1ccc2c(C)cc(=O)oc2c1. The molecule has 5 heteroatoms. The van der Waals surface area contributed by atoms with Gasteiger partial charge in [0.05, 0.1) is 6.61 Å². The number of benzene rings is 1. The van der Waals surface area contributed by atoms with Gasteiger partial charge in [-0.2, -0.15) is 0 Å². The van der Waals surface area contributed by atoms with Crippen molar-refractivity contribution in [2.24, 2.45) is 0 Å². The van der Waals surface area contributed by atoms with Gasteiger partial charge in [-0.15, -0.1) is 0 Å². The van der Waals surface area contributed by atoms with Gasteiger partial charge in [0.2, 0.25) is 0 Å². The Labute approximate surface area is 116 Å². The molecule has 0 spiro atoms. The maximum Gasteiger partial charge on any atom is 0.336 e. The van der Waals surface area contributed by atoms with Crippen LogP contribution in [0.3, 0.4) is 0 Å². The first-order valence-corrected chi connectivity index (χ1v) is 6.00. The Bertz CT molecular complexity index is 670. The smallest absolute Gasteiger partial charge is 0.336 e. The second-order valence-electron chi connectivity index (χ2n) is 3.88. The van der Waals surface area contributed by atoms with Crippen molar-refractivity contribution in [3.8, 4) is 5.75 Å². The molecule has 0 fully saturated rings. The zero-order chi connectivity index (χ0) is 15.1. The van der Waals surface area contributed by atoms with Crippen LogP contribution in [0.1, 0.15) is 12.5 Å². The van der Waals surface area contributed by atoms with Crippen LogP contribution in [0.25, 0.3) is 11.0 Å². The van der Waals surface area contributed by atoms with Crippen LogP contribution in [0.5, 0.6) is 5.75 Å². The Hall–Kier alpha value is -2.56. The number of ether oxygens (including phenoxy) is 1. The number of carboxylic acids is 1. The van der Waals surface area contributed by atoms with E-state index in [-0.39, 0.29) is 5.63 Å². The lowest BCUT2D eigenvalue weighted by atomic mass is 10.1. The molecule has 0 bridgehead atoms. The summed E-state index contributed by atoms with van der Waals surface area (Å²) in [6.45, 7) is 7.36. The van der Waals surface area contributed by atoms with E-state index in [4.69, 9.17) is 14.3 Å². The van der Waals surface area contributed by atoms with Crippen LogP contribution in [0, 0.1) is 6.92 Å². The second-order valence-corrected chi connectivity index (χ2v) is 3.88. The molecule has 0 aliphatic rings. The van der Waals surface area contributed by atoms with Crippen molar-refractivity contribution < 1.29 is 19.1 Å². The van der Waals surface area contributed by atoms with E-state index in [2.05, 4.69) is 6.58 Å². The molecule has 20 heavy (non-hydrogen) atoms. The predicted octanol–water partition coefficient (Wildman–Crippen LogP) is 2.76. The fourth-order valence-electron chi connectivity index (χ4n) is 1.56. The van der Waals surface area contributed by atoms with E-state index in [9.17, 15) is 9.59 Å². The lowest BCUT2D eigenvalue weighted by Crippen LogP contribution is -1.98. The summed E-state index contributed by atoms with van der Waals surface area (Å²) in [5.74, 6) is -0.260. The Kier molecular flexibility index (Phi) is 5.53. The van der Waals surface area contributed by atoms with Crippen molar-refractivity contribution in [2.45, 2.75) is 13.8 Å². The highest BCUT2D eigenvalue weighted by atomic mass is 16.5. The lowest BCUT2D eigenvalue weighted by molar-refractivity contribution is -0.131. The van der Waals surface area contributed by atoms with Crippen molar-refractivity contribution in [1.29, 1.82) is 0 Å². The van der Waals surface area contributed by atoms with E-state index in [1.165, 1.54) is 6.07 Å². The van der Waals surface area contributed by atoms with E-state index in [1.54, 1.807) is 6.07 Å². The third kappa shape index (κ3) is 4.28. The highest BCUT2D eigenvalue weighted by Gasteiger charge is 2.03. The highest BCUT2D eigenvalue weighted by Crippen LogP contribution is 2.21. The topological polar surface area (TPSA) is 76.7 Å². The van der Waals surface area contributed by atoms with Crippen molar-refractivity contribution in [3.05, 3.63) is 52.9 Å². The van der Waals surface area contributed by atoms with Gasteiger partial charge < -0.3 is 14.3 Å². The summed E-state index contributed by atoms with van der Waals surface area (Å²) in [7, 11) is 0. The number of hydrogen-bond donors (Lipinski definition) is 1. The maximum absolute atomic E-state index is 11.2. The molecule has 0 aliphatic carbocycles. The van der Waals surface area contributed by atoms with E-state index in [0.717, 1.165) is 22.8 Å². The van der Waals surface area contributed by atoms with E-state index in [0.29, 0.717) is 12.2 Å². The summed E-state index contributed by atoms with van der Waals surface area (Å²) < 4.78 is 10.4. The van der Waals surface area contributed by atoms with Crippen molar-refractivity contribution in [2.75, 3.05) is 6.61 Å². The molecule has 106 valence electrons. The molecule has 2 rings (SSSR count). The maximum atomic E-state index is 11.2. The summed E-state index contributed by atoms with van der Waals surface area (Å²) in [5, 5.41) is 8.55. The van der Waals surface area contributed by atoms with Crippen LogP contribution in [-0.4, -0.2) is 17.7 Å². The molecule has 0 radical (unpaired) electrons. The zero-order valence-corrected chi connectivity index (χ0v) is 11.4. The molecule has 0 saturated heterocycles. The van der Waals surface area contributed by atoms with Crippen molar-refractivity contribution in [1.82, 2.24) is 0 Å². The Balaban J connectivity index is 0.000000347. The van der Waals surface area contributed by atoms with Gasteiger partial charge in [-0.3, -0.25) is 0 Å². The zero-order valence-electron chi connectivity index (χ0n) is 11.4. The Morgan fingerprint density at radius 1 is 1.45 bits per heavy atom. The van der Waals surface area contributed by atoms with Crippen LogP contribution in [0.2, 0.25) is 0 Å². The lowest BCUT2D eigenvalue weighted by Gasteiger charge is -2.04. The predicted molar refractivity (Wildman–Crippen MR) is 76.2 cm³/mol. The normalized spacial score (nSPS) is 9.50. The summed E-state index contributed by atoms with van der Waals surface area (Å²) in [4.78, 5) is 20.4. The van der Waals surface area contributed by atoms with Gasteiger partial charge in [-0.1, -0.05) is 6.58 Å². The minimum absolute atomic E-state index is 0.325. The number of aryl methyl sites for hydroxylation is 1. The molecule has 2 aromatic rings. The van der Waals surface area contributed by atoms with Gasteiger partial charge in [-0.05, 0) is 31.5 Å². The van der Waals surface area contributed by atoms with Gasteiger partial charge in [0.25, 0.3) is 0 Å². The summed E-state index contributed by atoms with van der Waals surface area (Å²) >= 11 is 0. The van der Waals surface area contributed by atoms with Crippen LogP contribution < -0.4 is 10.4 Å². The molecule has 1 aromatic heterocycles. The molecule has 0 saturated carbocycles. The standard InChI is InChI=1S/C12H12O3.C3H4O2/c1-3-14-9-4-5-10-8(2)6-12(13)15-11(10)7-9;1-2-3(4)5/h4-7H,3H2,1-2H3;2H,1H2,(H,4,5). The second kappa shape index (κ2) is 7.13. The molecular weight excluding hydrogens is 260 g/mol. The third-order valence-electron chi connectivity index (χ3n) is 2.41. The minimum atomic E-state index is -0.981. The highest BCUT2D eigenvalue weighted by molar-refractivity contribution is 5.81. The van der Waals surface area contributed by atoms with Crippen molar-refractivity contribution >= 4 is 16.9 Å². The van der Waals surface area contributed by atoms with Crippen molar-refractivity contribution in [3.63, 3.8) is 0 Å². The van der Waals surface area contributed by atoms with E-state index < -0.39 is 5.97 Å². The third-order valence-corrected chi connectivity index (χ3v) is 2.41. The average molecular weight is 276 g/mol. The largest absolute Gasteiger partial charge is 0.494 e. The average Bonchev–Trinajstić information content (AvgIpc) is 2.39. The number of aliphatic carboxylic acids is 1. The number of hydrogen-bond acceptors (Lipinski definition) is 4. The molecule has 0 amide bonds.